The van der Waals surface area contributed by atoms with Crippen LogP contribution in [-0.2, 0) is 6.54 Å². The Morgan fingerprint density at radius 3 is 2.42 bits per heavy atom. The molecular formula is C11H11F6NO. The first kappa shape index (κ1) is 15.6. The molecule has 0 bridgehead atoms. The predicted octanol–water partition coefficient (Wildman–Crippen LogP) is 3.47. The summed E-state index contributed by atoms with van der Waals surface area (Å²) in [6, 6.07) is 3.22. The number of halogens is 6. The first-order valence-corrected chi connectivity index (χ1v) is 5.28. The SMILES string of the molecule is Fc1cc(CNCCC(F)(F)F)ccc1OC(F)F. The van der Waals surface area contributed by atoms with E-state index in [1.54, 1.807) is 0 Å². The fourth-order valence-electron chi connectivity index (χ4n) is 1.31. The summed E-state index contributed by atoms with van der Waals surface area (Å²) in [5.41, 5.74) is 0.335. The van der Waals surface area contributed by atoms with Gasteiger partial charge in [-0.25, -0.2) is 4.39 Å². The Balaban J connectivity index is 2.45. The monoisotopic (exact) mass is 287 g/mol. The first-order valence-electron chi connectivity index (χ1n) is 5.28. The van der Waals surface area contributed by atoms with E-state index in [0.717, 1.165) is 12.1 Å². The molecule has 0 atom stereocenters. The Hall–Kier alpha value is -1.44. The minimum absolute atomic E-state index is 0.00194. The molecule has 1 aromatic carbocycles. The van der Waals surface area contributed by atoms with E-state index < -0.39 is 30.8 Å². The van der Waals surface area contributed by atoms with Crippen LogP contribution in [0, 0.1) is 5.82 Å². The Morgan fingerprint density at radius 2 is 1.89 bits per heavy atom. The quantitative estimate of drug-likeness (QED) is 0.639. The van der Waals surface area contributed by atoms with Crippen molar-refractivity contribution < 1.29 is 31.1 Å². The van der Waals surface area contributed by atoms with Gasteiger partial charge in [0, 0.05) is 13.1 Å². The number of nitrogens with one attached hydrogen (secondary N) is 1. The second kappa shape index (κ2) is 6.65. The molecule has 1 aromatic rings. The van der Waals surface area contributed by atoms with E-state index in [1.807, 2.05) is 0 Å². The molecule has 19 heavy (non-hydrogen) atoms. The van der Waals surface area contributed by atoms with E-state index in [9.17, 15) is 26.3 Å². The van der Waals surface area contributed by atoms with Crippen LogP contribution in [0.1, 0.15) is 12.0 Å². The zero-order valence-corrected chi connectivity index (χ0v) is 9.61. The van der Waals surface area contributed by atoms with E-state index in [4.69, 9.17) is 0 Å². The standard InChI is InChI=1S/C11H11F6NO/c12-8-5-7(1-2-9(8)19-10(13)14)6-18-4-3-11(15,16)17/h1-2,5,10,18H,3-4,6H2. The summed E-state index contributed by atoms with van der Waals surface area (Å²) in [4.78, 5) is 0. The van der Waals surface area contributed by atoms with Crippen LogP contribution in [0.5, 0.6) is 5.75 Å². The summed E-state index contributed by atoms with van der Waals surface area (Å²) in [6.07, 6.45) is -5.25. The van der Waals surface area contributed by atoms with Crippen molar-refractivity contribution in [3.8, 4) is 5.75 Å². The maximum atomic E-state index is 13.2. The van der Waals surface area contributed by atoms with E-state index in [0.29, 0.717) is 5.56 Å². The maximum Gasteiger partial charge on any atom is 0.390 e. The zero-order chi connectivity index (χ0) is 14.5. The fourth-order valence-corrected chi connectivity index (χ4v) is 1.31. The highest BCUT2D eigenvalue weighted by Crippen LogP contribution is 2.21. The first-order chi connectivity index (χ1) is 8.78. The molecule has 0 aromatic heterocycles. The molecule has 0 heterocycles. The van der Waals surface area contributed by atoms with Crippen LogP contribution in [0.25, 0.3) is 0 Å². The number of alkyl halides is 5. The van der Waals surface area contributed by atoms with Gasteiger partial charge in [0.2, 0.25) is 0 Å². The molecule has 0 aliphatic carbocycles. The number of hydrogen-bond acceptors (Lipinski definition) is 2. The Kier molecular flexibility index (Phi) is 5.46. The number of ether oxygens (including phenoxy) is 1. The van der Waals surface area contributed by atoms with Crippen LogP contribution in [0.4, 0.5) is 26.3 Å². The van der Waals surface area contributed by atoms with Gasteiger partial charge in [0.1, 0.15) is 0 Å². The molecule has 0 fully saturated rings. The maximum absolute atomic E-state index is 13.2. The zero-order valence-electron chi connectivity index (χ0n) is 9.61. The van der Waals surface area contributed by atoms with Gasteiger partial charge < -0.3 is 10.1 Å². The van der Waals surface area contributed by atoms with Gasteiger partial charge in [-0.3, -0.25) is 0 Å². The van der Waals surface area contributed by atoms with Crippen molar-refractivity contribution >= 4 is 0 Å². The highest BCUT2D eigenvalue weighted by atomic mass is 19.4. The minimum atomic E-state index is -4.26. The van der Waals surface area contributed by atoms with E-state index in [2.05, 4.69) is 10.1 Å². The summed E-state index contributed by atoms with van der Waals surface area (Å²) >= 11 is 0. The molecule has 108 valence electrons. The third kappa shape index (κ3) is 6.32. The van der Waals surface area contributed by atoms with Crippen LogP contribution in [0.3, 0.4) is 0 Å². The molecular weight excluding hydrogens is 276 g/mol. The highest BCUT2D eigenvalue weighted by Gasteiger charge is 2.25. The summed E-state index contributed by atoms with van der Waals surface area (Å²) in [5, 5.41) is 2.47. The molecule has 8 heteroatoms. The van der Waals surface area contributed by atoms with Gasteiger partial charge in [-0.15, -0.1) is 0 Å². The van der Waals surface area contributed by atoms with Crippen molar-refractivity contribution in [3.05, 3.63) is 29.6 Å². The highest BCUT2D eigenvalue weighted by molar-refractivity contribution is 5.29. The average Bonchev–Trinajstić information content (AvgIpc) is 2.26. The van der Waals surface area contributed by atoms with Gasteiger partial charge in [-0.1, -0.05) is 6.07 Å². The summed E-state index contributed by atoms with van der Waals surface area (Å²) in [7, 11) is 0. The molecule has 0 saturated heterocycles. The number of rotatable bonds is 6. The minimum Gasteiger partial charge on any atom is -0.432 e. The topological polar surface area (TPSA) is 21.3 Å². The van der Waals surface area contributed by atoms with Gasteiger partial charge in [-0.2, -0.15) is 22.0 Å². The third-order valence-electron chi connectivity index (χ3n) is 2.13. The van der Waals surface area contributed by atoms with Crippen molar-refractivity contribution in [1.29, 1.82) is 0 Å². The predicted molar refractivity (Wildman–Crippen MR) is 55.4 cm³/mol. The van der Waals surface area contributed by atoms with Crippen molar-refractivity contribution in [2.45, 2.75) is 25.8 Å². The molecule has 0 spiro atoms. The van der Waals surface area contributed by atoms with Crippen LogP contribution < -0.4 is 10.1 Å². The van der Waals surface area contributed by atoms with Gasteiger partial charge in [0.05, 0.1) is 6.42 Å². The third-order valence-corrected chi connectivity index (χ3v) is 2.13. The van der Waals surface area contributed by atoms with Gasteiger partial charge >= 0.3 is 12.8 Å². The second-order valence-electron chi connectivity index (χ2n) is 3.69. The van der Waals surface area contributed by atoms with Gasteiger partial charge in [-0.05, 0) is 17.7 Å². The Bertz CT molecular complexity index is 407. The number of benzene rings is 1. The summed E-state index contributed by atoms with van der Waals surface area (Å²) in [6.45, 7) is -3.44. The molecule has 0 unspecified atom stereocenters. The van der Waals surface area contributed by atoms with Crippen molar-refractivity contribution in [3.63, 3.8) is 0 Å². The van der Waals surface area contributed by atoms with Crippen molar-refractivity contribution in [1.82, 2.24) is 5.32 Å². The van der Waals surface area contributed by atoms with Crippen LogP contribution in [0.2, 0.25) is 0 Å². The van der Waals surface area contributed by atoms with Gasteiger partial charge in [0.15, 0.2) is 11.6 Å². The molecule has 1 N–H and O–H groups in total. The number of hydrogen-bond donors (Lipinski definition) is 1. The lowest BCUT2D eigenvalue weighted by Crippen LogP contribution is -2.21. The lowest BCUT2D eigenvalue weighted by atomic mass is 10.2. The lowest BCUT2D eigenvalue weighted by Gasteiger charge is -2.09. The van der Waals surface area contributed by atoms with E-state index in [1.165, 1.54) is 6.07 Å². The van der Waals surface area contributed by atoms with Crippen LogP contribution in [-0.4, -0.2) is 19.3 Å². The smallest absolute Gasteiger partial charge is 0.390 e. The average molecular weight is 287 g/mol. The lowest BCUT2D eigenvalue weighted by molar-refractivity contribution is -0.133. The fraction of sp³-hybridized carbons (Fsp3) is 0.455. The normalized spacial score (nSPS) is 11.9. The molecule has 0 saturated carbocycles. The Labute approximate surface area is 105 Å². The summed E-state index contributed by atoms with van der Waals surface area (Å²) in [5.74, 6) is -1.59. The molecule has 2 nitrogen and oxygen atoms in total. The van der Waals surface area contributed by atoms with Crippen molar-refractivity contribution in [2.75, 3.05) is 6.54 Å². The second-order valence-corrected chi connectivity index (χ2v) is 3.69. The molecule has 0 radical (unpaired) electrons. The van der Waals surface area contributed by atoms with Crippen LogP contribution in [0.15, 0.2) is 18.2 Å². The van der Waals surface area contributed by atoms with Gasteiger partial charge in [0.25, 0.3) is 0 Å². The Morgan fingerprint density at radius 1 is 1.21 bits per heavy atom. The van der Waals surface area contributed by atoms with Crippen molar-refractivity contribution in [2.24, 2.45) is 0 Å². The van der Waals surface area contributed by atoms with E-state index in [-0.39, 0.29) is 13.1 Å². The van der Waals surface area contributed by atoms with Crippen LogP contribution >= 0.6 is 0 Å². The largest absolute Gasteiger partial charge is 0.432 e. The summed E-state index contributed by atoms with van der Waals surface area (Å²) < 4.78 is 76.3. The molecule has 0 aliphatic heterocycles. The molecule has 1 rings (SSSR count). The molecule has 0 aliphatic rings. The van der Waals surface area contributed by atoms with E-state index >= 15 is 0 Å². The molecule has 0 amide bonds.